The summed E-state index contributed by atoms with van der Waals surface area (Å²) in [6.45, 7) is 2.08. The number of thioether (sulfide) groups is 1. The van der Waals surface area contributed by atoms with Gasteiger partial charge in [0, 0.05) is 17.2 Å². The number of aryl methyl sites for hydroxylation is 1. The Morgan fingerprint density at radius 1 is 1.11 bits per heavy atom. The molecule has 0 fully saturated rings. The molecule has 0 unspecified atom stereocenters. The molecule has 0 saturated carbocycles. The number of amides is 1. The van der Waals surface area contributed by atoms with E-state index in [0.29, 0.717) is 5.75 Å². The number of carbonyl (C=O) groups excluding carboxylic acids is 1. The van der Waals surface area contributed by atoms with E-state index in [-0.39, 0.29) is 12.2 Å². The zero-order valence-corrected chi connectivity index (χ0v) is 15.8. The third-order valence-electron chi connectivity index (χ3n) is 3.96. The zero-order valence-electron chi connectivity index (χ0n) is 15.0. The predicted molar refractivity (Wildman–Crippen MR) is 103 cm³/mol. The molecule has 3 aromatic rings. The fourth-order valence-corrected chi connectivity index (χ4v) is 3.40. The Morgan fingerprint density at radius 3 is 2.43 bits per heavy atom. The average Bonchev–Trinajstić information content (AvgIpc) is 3.12. The molecule has 1 N–H and O–H groups in total. The molecule has 2 aromatic carbocycles. The Bertz CT molecular complexity index is 938. The molecule has 8 heteroatoms. The summed E-state index contributed by atoms with van der Waals surface area (Å²) in [5.74, 6) is -0.247. The van der Waals surface area contributed by atoms with Crippen LogP contribution in [0.2, 0.25) is 0 Å². The number of benzene rings is 2. The monoisotopic (exact) mass is 405 g/mol. The van der Waals surface area contributed by atoms with E-state index in [1.54, 1.807) is 12.1 Å². The first-order valence-electron chi connectivity index (χ1n) is 8.54. The topological polar surface area (TPSA) is 46.9 Å². The van der Waals surface area contributed by atoms with Gasteiger partial charge in [0.15, 0.2) is 5.69 Å². The fraction of sp³-hybridized carbons (Fsp3) is 0.200. The van der Waals surface area contributed by atoms with Crippen molar-refractivity contribution in [3.63, 3.8) is 0 Å². The number of nitrogens with one attached hydrogen (secondary N) is 1. The van der Waals surface area contributed by atoms with Crippen LogP contribution in [0.5, 0.6) is 0 Å². The molecule has 0 bridgehead atoms. The van der Waals surface area contributed by atoms with Crippen LogP contribution in [-0.2, 0) is 6.18 Å². The zero-order chi connectivity index (χ0) is 20.1. The maximum Gasteiger partial charge on any atom is 0.434 e. The Morgan fingerprint density at radius 2 is 1.79 bits per heavy atom. The van der Waals surface area contributed by atoms with Gasteiger partial charge in [-0.25, -0.2) is 4.68 Å². The third kappa shape index (κ3) is 4.75. The Labute approximate surface area is 164 Å². The number of hydrogen-bond acceptors (Lipinski definition) is 3. The summed E-state index contributed by atoms with van der Waals surface area (Å²) < 4.78 is 41.7. The molecule has 0 aliphatic rings. The number of nitrogens with zero attached hydrogens (tertiary/aromatic N) is 2. The van der Waals surface area contributed by atoms with Gasteiger partial charge in [-0.15, -0.1) is 11.8 Å². The maximum atomic E-state index is 13.6. The first kappa shape index (κ1) is 20.0. The largest absolute Gasteiger partial charge is 0.434 e. The van der Waals surface area contributed by atoms with Gasteiger partial charge < -0.3 is 5.32 Å². The van der Waals surface area contributed by atoms with E-state index >= 15 is 0 Å². The number of carbonyl (C=O) groups is 1. The summed E-state index contributed by atoms with van der Waals surface area (Å²) >= 11 is 1.51. The quantitative estimate of drug-likeness (QED) is 0.477. The van der Waals surface area contributed by atoms with E-state index in [2.05, 4.69) is 10.4 Å². The van der Waals surface area contributed by atoms with Crippen molar-refractivity contribution in [1.82, 2.24) is 15.1 Å². The lowest BCUT2D eigenvalue weighted by Gasteiger charge is -2.13. The Balaban J connectivity index is 1.73. The predicted octanol–water partition coefficient (Wildman–Crippen LogP) is 4.72. The van der Waals surface area contributed by atoms with E-state index < -0.39 is 23.3 Å². The highest BCUT2D eigenvalue weighted by Gasteiger charge is 2.40. The van der Waals surface area contributed by atoms with Gasteiger partial charge in [-0.1, -0.05) is 35.9 Å². The SMILES string of the molecule is Cc1ccc(-n2ncc(C(=O)NCCSc3ccccc3)c2C(F)(F)F)cc1. The molecule has 1 aromatic heterocycles. The van der Waals surface area contributed by atoms with Crippen molar-refractivity contribution < 1.29 is 18.0 Å². The van der Waals surface area contributed by atoms with Crippen LogP contribution in [0, 0.1) is 6.92 Å². The van der Waals surface area contributed by atoms with Crippen LogP contribution < -0.4 is 5.32 Å². The average molecular weight is 405 g/mol. The standard InChI is InChI=1S/C20H18F3N3OS/c1-14-7-9-15(10-8-14)26-18(20(21,22)23)17(13-25-26)19(27)24-11-12-28-16-5-3-2-4-6-16/h2-10,13H,11-12H2,1H3,(H,24,27). The first-order valence-corrected chi connectivity index (χ1v) is 9.53. The lowest BCUT2D eigenvalue weighted by atomic mass is 10.2. The summed E-state index contributed by atoms with van der Waals surface area (Å²) in [7, 11) is 0. The van der Waals surface area contributed by atoms with Gasteiger partial charge in [0.05, 0.1) is 17.4 Å². The minimum absolute atomic E-state index is 0.241. The first-order chi connectivity index (χ1) is 13.4. The van der Waals surface area contributed by atoms with Crippen molar-refractivity contribution in [1.29, 1.82) is 0 Å². The summed E-state index contributed by atoms with van der Waals surface area (Å²) in [5.41, 5.74) is -0.405. The third-order valence-corrected chi connectivity index (χ3v) is 4.97. The molecule has 4 nitrogen and oxygen atoms in total. The van der Waals surface area contributed by atoms with Gasteiger partial charge >= 0.3 is 6.18 Å². The van der Waals surface area contributed by atoms with Gasteiger partial charge in [0.2, 0.25) is 0 Å². The van der Waals surface area contributed by atoms with Crippen molar-refractivity contribution in [3.8, 4) is 5.69 Å². The molecule has 0 radical (unpaired) electrons. The molecular weight excluding hydrogens is 387 g/mol. The van der Waals surface area contributed by atoms with Gasteiger partial charge in [-0.05, 0) is 31.2 Å². The maximum absolute atomic E-state index is 13.6. The van der Waals surface area contributed by atoms with Crippen molar-refractivity contribution in [3.05, 3.63) is 77.6 Å². The van der Waals surface area contributed by atoms with Gasteiger partial charge in [-0.3, -0.25) is 4.79 Å². The summed E-state index contributed by atoms with van der Waals surface area (Å²) in [6.07, 6.45) is -3.75. The lowest BCUT2D eigenvalue weighted by molar-refractivity contribution is -0.143. The van der Waals surface area contributed by atoms with Gasteiger partial charge in [0.25, 0.3) is 5.91 Å². The molecular formula is C20H18F3N3OS. The van der Waals surface area contributed by atoms with Crippen molar-refractivity contribution in [2.45, 2.75) is 18.0 Å². The van der Waals surface area contributed by atoms with Crippen LogP contribution in [-0.4, -0.2) is 28.0 Å². The van der Waals surface area contributed by atoms with Crippen LogP contribution in [0.4, 0.5) is 13.2 Å². The molecule has 146 valence electrons. The number of alkyl halides is 3. The second kappa shape index (κ2) is 8.52. The van der Waals surface area contributed by atoms with E-state index in [1.165, 1.54) is 23.9 Å². The Hall–Kier alpha value is -2.74. The molecule has 0 atom stereocenters. The Kier molecular flexibility index (Phi) is 6.08. The van der Waals surface area contributed by atoms with Gasteiger partial charge in [0.1, 0.15) is 0 Å². The minimum Gasteiger partial charge on any atom is -0.351 e. The summed E-state index contributed by atoms with van der Waals surface area (Å²) in [5, 5.41) is 6.35. The highest BCUT2D eigenvalue weighted by Crippen LogP contribution is 2.33. The normalized spacial score (nSPS) is 11.4. The second-order valence-electron chi connectivity index (χ2n) is 6.07. The van der Waals surface area contributed by atoms with Crippen LogP contribution in [0.15, 0.2) is 65.7 Å². The summed E-state index contributed by atoms with van der Waals surface area (Å²) in [6, 6.07) is 16.0. The summed E-state index contributed by atoms with van der Waals surface area (Å²) in [4.78, 5) is 13.4. The second-order valence-corrected chi connectivity index (χ2v) is 7.24. The molecule has 3 rings (SSSR count). The molecule has 1 amide bonds. The highest BCUT2D eigenvalue weighted by atomic mass is 32.2. The number of hydrogen-bond donors (Lipinski definition) is 1. The van der Waals surface area contributed by atoms with Crippen molar-refractivity contribution >= 4 is 17.7 Å². The molecule has 0 spiro atoms. The van der Waals surface area contributed by atoms with Crippen LogP contribution in [0.3, 0.4) is 0 Å². The van der Waals surface area contributed by atoms with Crippen LogP contribution >= 0.6 is 11.8 Å². The van der Waals surface area contributed by atoms with E-state index in [0.717, 1.165) is 21.3 Å². The van der Waals surface area contributed by atoms with E-state index in [9.17, 15) is 18.0 Å². The fourth-order valence-electron chi connectivity index (χ4n) is 2.61. The molecule has 1 heterocycles. The van der Waals surface area contributed by atoms with E-state index in [4.69, 9.17) is 0 Å². The lowest BCUT2D eigenvalue weighted by Crippen LogP contribution is -2.28. The van der Waals surface area contributed by atoms with Crippen molar-refractivity contribution in [2.24, 2.45) is 0 Å². The minimum atomic E-state index is -4.72. The smallest absolute Gasteiger partial charge is 0.351 e. The van der Waals surface area contributed by atoms with Crippen LogP contribution in [0.25, 0.3) is 5.69 Å². The number of rotatable bonds is 6. The van der Waals surface area contributed by atoms with E-state index in [1.807, 2.05) is 37.3 Å². The highest BCUT2D eigenvalue weighted by molar-refractivity contribution is 7.99. The molecule has 28 heavy (non-hydrogen) atoms. The number of halogens is 3. The molecule has 0 saturated heterocycles. The van der Waals surface area contributed by atoms with Gasteiger partial charge in [-0.2, -0.15) is 18.3 Å². The molecule has 0 aliphatic carbocycles. The van der Waals surface area contributed by atoms with Crippen molar-refractivity contribution in [2.75, 3.05) is 12.3 Å². The molecule has 0 aliphatic heterocycles. The van der Waals surface area contributed by atoms with Crippen LogP contribution in [0.1, 0.15) is 21.6 Å². The number of aromatic nitrogens is 2.